The second-order valence-corrected chi connectivity index (χ2v) is 4.40. The summed E-state index contributed by atoms with van der Waals surface area (Å²) in [6, 6.07) is 4.52. The number of nitrogens with zero attached hydrogens (tertiary/aromatic N) is 2. The van der Waals surface area contributed by atoms with Gasteiger partial charge in [-0.25, -0.2) is 14.8 Å². The Morgan fingerprint density at radius 3 is 2.55 bits per heavy atom. The smallest absolute Gasteiger partial charge is 0.335 e. The van der Waals surface area contributed by atoms with Crippen molar-refractivity contribution in [1.82, 2.24) is 9.97 Å². The molecule has 0 atom stereocenters. The van der Waals surface area contributed by atoms with Crippen molar-refractivity contribution < 1.29 is 14.7 Å². The topological polar surface area (TPSA) is 92.2 Å². The summed E-state index contributed by atoms with van der Waals surface area (Å²) in [5.74, 6) is -1.46. The van der Waals surface area contributed by atoms with E-state index in [0.29, 0.717) is 11.3 Å². The maximum Gasteiger partial charge on any atom is 0.335 e. The number of anilines is 1. The molecule has 0 aliphatic carbocycles. The quantitative estimate of drug-likeness (QED) is 0.906. The Balaban J connectivity index is 2.18. The number of hydrogen-bond acceptors (Lipinski definition) is 4. The molecule has 1 aromatic carbocycles. The van der Waals surface area contributed by atoms with Crippen molar-refractivity contribution in [3.05, 3.63) is 52.6 Å². The van der Waals surface area contributed by atoms with Crippen LogP contribution in [0.5, 0.6) is 0 Å². The van der Waals surface area contributed by atoms with E-state index in [1.807, 2.05) is 0 Å². The molecule has 0 saturated heterocycles. The lowest BCUT2D eigenvalue weighted by Gasteiger charge is -2.07. The number of halogens is 1. The number of benzene rings is 1. The number of carbonyl (C=O) groups is 2. The summed E-state index contributed by atoms with van der Waals surface area (Å²) in [6.45, 7) is 1.65. The molecule has 2 aromatic rings. The van der Waals surface area contributed by atoms with Gasteiger partial charge in [0.15, 0.2) is 0 Å². The molecule has 0 saturated carbocycles. The van der Waals surface area contributed by atoms with Crippen LogP contribution in [0.15, 0.2) is 30.6 Å². The van der Waals surface area contributed by atoms with Gasteiger partial charge in [-0.15, -0.1) is 0 Å². The Morgan fingerprint density at radius 1 is 1.25 bits per heavy atom. The predicted molar refractivity (Wildman–Crippen MR) is 73.1 cm³/mol. The van der Waals surface area contributed by atoms with Gasteiger partial charge in [-0.3, -0.25) is 4.79 Å². The minimum Gasteiger partial charge on any atom is -0.478 e. The van der Waals surface area contributed by atoms with Crippen LogP contribution in [0.2, 0.25) is 5.15 Å². The van der Waals surface area contributed by atoms with E-state index in [2.05, 4.69) is 15.3 Å². The number of aromatic carboxylic acids is 1. The van der Waals surface area contributed by atoms with Crippen LogP contribution in [0, 0.1) is 6.92 Å². The summed E-state index contributed by atoms with van der Waals surface area (Å²) in [5.41, 5.74) is 1.34. The standard InChI is InChI=1S/C13H10ClN3O3/c1-7-4-8(2-3-9(7)13(19)20)17-12(18)10-5-16-11(14)6-15-10/h2-6H,1H3,(H,17,18)(H,19,20). The van der Waals surface area contributed by atoms with Gasteiger partial charge in [0.1, 0.15) is 10.8 Å². The number of nitrogens with one attached hydrogen (secondary N) is 1. The summed E-state index contributed by atoms with van der Waals surface area (Å²) in [7, 11) is 0. The van der Waals surface area contributed by atoms with Crippen molar-refractivity contribution in [2.45, 2.75) is 6.92 Å². The number of carbonyl (C=O) groups excluding carboxylic acids is 1. The Bertz CT molecular complexity index is 671. The second kappa shape index (κ2) is 5.66. The zero-order chi connectivity index (χ0) is 14.7. The number of aromatic nitrogens is 2. The van der Waals surface area contributed by atoms with Gasteiger partial charge >= 0.3 is 5.97 Å². The third kappa shape index (κ3) is 3.10. The number of amides is 1. The van der Waals surface area contributed by atoms with Crippen LogP contribution < -0.4 is 5.32 Å². The highest BCUT2D eigenvalue weighted by molar-refractivity contribution is 6.29. The average molecular weight is 292 g/mol. The number of carboxylic acids is 1. The fourth-order valence-electron chi connectivity index (χ4n) is 1.61. The summed E-state index contributed by atoms with van der Waals surface area (Å²) in [6.07, 6.45) is 2.53. The van der Waals surface area contributed by atoms with E-state index in [0.717, 1.165) is 0 Å². The molecule has 0 aliphatic rings. The largest absolute Gasteiger partial charge is 0.478 e. The summed E-state index contributed by atoms with van der Waals surface area (Å²) < 4.78 is 0. The van der Waals surface area contributed by atoms with Gasteiger partial charge in [0.25, 0.3) is 5.91 Å². The zero-order valence-electron chi connectivity index (χ0n) is 10.4. The lowest BCUT2D eigenvalue weighted by Crippen LogP contribution is -2.14. The summed E-state index contributed by atoms with van der Waals surface area (Å²) in [5, 5.41) is 11.7. The molecular weight excluding hydrogens is 282 g/mol. The highest BCUT2D eigenvalue weighted by Crippen LogP contribution is 2.16. The lowest BCUT2D eigenvalue weighted by atomic mass is 10.1. The number of carboxylic acid groups (broad SMARTS) is 1. The first-order valence-corrected chi connectivity index (χ1v) is 5.98. The first kappa shape index (κ1) is 14.0. The van der Waals surface area contributed by atoms with Crippen LogP contribution in [0.25, 0.3) is 0 Å². The van der Waals surface area contributed by atoms with Crippen LogP contribution in [-0.4, -0.2) is 27.0 Å². The van der Waals surface area contributed by atoms with E-state index in [9.17, 15) is 9.59 Å². The van der Waals surface area contributed by atoms with Crippen molar-refractivity contribution in [1.29, 1.82) is 0 Å². The van der Waals surface area contributed by atoms with Crippen LogP contribution in [0.3, 0.4) is 0 Å². The van der Waals surface area contributed by atoms with E-state index in [4.69, 9.17) is 16.7 Å². The zero-order valence-corrected chi connectivity index (χ0v) is 11.2. The maximum atomic E-state index is 11.9. The molecule has 0 fully saturated rings. The third-order valence-corrected chi connectivity index (χ3v) is 2.76. The Hall–Kier alpha value is -2.47. The van der Waals surface area contributed by atoms with E-state index in [1.165, 1.54) is 24.5 Å². The summed E-state index contributed by atoms with van der Waals surface area (Å²) in [4.78, 5) is 30.4. The first-order chi connectivity index (χ1) is 9.47. The Morgan fingerprint density at radius 2 is 2.00 bits per heavy atom. The third-order valence-electron chi connectivity index (χ3n) is 2.57. The molecule has 0 aliphatic heterocycles. The van der Waals surface area contributed by atoms with Gasteiger partial charge in [0.2, 0.25) is 0 Å². The van der Waals surface area contributed by atoms with Crippen molar-refractivity contribution >= 4 is 29.2 Å². The maximum absolute atomic E-state index is 11.9. The van der Waals surface area contributed by atoms with Crippen molar-refractivity contribution in [3.63, 3.8) is 0 Å². The van der Waals surface area contributed by atoms with Crippen LogP contribution in [-0.2, 0) is 0 Å². The molecule has 1 aromatic heterocycles. The monoisotopic (exact) mass is 291 g/mol. The molecule has 0 radical (unpaired) electrons. The Kier molecular flexibility index (Phi) is 3.95. The number of rotatable bonds is 3. The molecular formula is C13H10ClN3O3. The normalized spacial score (nSPS) is 10.1. The SMILES string of the molecule is Cc1cc(NC(=O)c2cnc(Cl)cn2)ccc1C(=O)O. The van der Waals surface area contributed by atoms with Gasteiger partial charge in [-0.1, -0.05) is 11.6 Å². The number of hydrogen-bond donors (Lipinski definition) is 2. The van der Waals surface area contributed by atoms with Crippen molar-refractivity contribution in [3.8, 4) is 0 Å². The van der Waals surface area contributed by atoms with Crippen LogP contribution in [0.1, 0.15) is 26.4 Å². The molecule has 102 valence electrons. The molecule has 1 amide bonds. The molecule has 1 heterocycles. The van der Waals surface area contributed by atoms with Gasteiger partial charge in [-0.05, 0) is 30.7 Å². The van der Waals surface area contributed by atoms with Crippen molar-refractivity contribution in [2.24, 2.45) is 0 Å². The molecule has 6 nitrogen and oxygen atoms in total. The molecule has 20 heavy (non-hydrogen) atoms. The lowest BCUT2D eigenvalue weighted by molar-refractivity contribution is 0.0696. The molecule has 7 heteroatoms. The van der Waals surface area contributed by atoms with Crippen molar-refractivity contribution in [2.75, 3.05) is 5.32 Å². The van der Waals surface area contributed by atoms with E-state index < -0.39 is 11.9 Å². The van der Waals surface area contributed by atoms with Crippen LogP contribution >= 0.6 is 11.6 Å². The van der Waals surface area contributed by atoms with Gasteiger partial charge in [0.05, 0.1) is 18.0 Å². The molecule has 0 unspecified atom stereocenters. The van der Waals surface area contributed by atoms with Crippen LogP contribution in [0.4, 0.5) is 5.69 Å². The fourth-order valence-corrected chi connectivity index (χ4v) is 1.70. The van der Waals surface area contributed by atoms with Gasteiger partial charge in [-0.2, -0.15) is 0 Å². The molecule has 0 bridgehead atoms. The summed E-state index contributed by atoms with van der Waals surface area (Å²) >= 11 is 5.58. The highest BCUT2D eigenvalue weighted by Gasteiger charge is 2.11. The number of aryl methyl sites for hydroxylation is 1. The molecule has 2 N–H and O–H groups in total. The van der Waals surface area contributed by atoms with E-state index >= 15 is 0 Å². The minimum atomic E-state index is -1.01. The average Bonchev–Trinajstić information content (AvgIpc) is 2.39. The first-order valence-electron chi connectivity index (χ1n) is 5.60. The predicted octanol–water partition coefficient (Wildman–Crippen LogP) is 2.39. The van der Waals surface area contributed by atoms with Gasteiger partial charge in [0, 0.05) is 5.69 Å². The second-order valence-electron chi connectivity index (χ2n) is 4.01. The van der Waals surface area contributed by atoms with E-state index in [1.54, 1.807) is 13.0 Å². The highest BCUT2D eigenvalue weighted by atomic mass is 35.5. The van der Waals surface area contributed by atoms with Gasteiger partial charge < -0.3 is 10.4 Å². The fraction of sp³-hybridized carbons (Fsp3) is 0.0769. The Labute approximate surface area is 119 Å². The molecule has 0 spiro atoms. The minimum absolute atomic E-state index is 0.120. The molecule has 2 rings (SSSR count). The van der Waals surface area contributed by atoms with E-state index in [-0.39, 0.29) is 16.4 Å².